The Morgan fingerprint density at radius 2 is 2.24 bits per heavy atom. The molecule has 0 aliphatic carbocycles. The minimum atomic E-state index is 0.111. The van der Waals surface area contributed by atoms with Crippen LogP contribution in [0.2, 0.25) is 0 Å². The van der Waals surface area contributed by atoms with Crippen molar-refractivity contribution in [3.63, 3.8) is 0 Å². The highest BCUT2D eigenvalue weighted by Crippen LogP contribution is 2.28. The third-order valence-electron chi connectivity index (χ3n) is 4.03. The predicted octanol–water partition coefficient (Wildman–Crippen LogP) is 2.80. The van der Waals surface area contributed by atoms with Gasteiger partial charge in [-0.05, 0) is 32.1 Å². The predicted molar refractivity (Wildman–Crippen MR) is 84.5 cm³/mol. The van der Waals surface area contributed by atoms with Crippen LogP contribution in [0.5, 0.6) is 0 Å². The van der Waals surface area contributed by atoms with E-state index in [-0.39, 0.29) is 12.1 Å². The van der Waals surface area contributed by atoms with Crippen LogP contribution >= 0.6 is 0 Å². The number of hydrogen-bond acceptors (Lipinski definition) is 4. The Bertz CT molecular complexity index is 548. The fourth-order valence-corrected chi connectivity index (χ4v) is 2.88. The highest BCUT2D eigenvalue weighted by molar-refractivity contribution is 5.77. The number of nitrogens with one attached hydrogen (secondary N) is 1. The Hall–Kier alpha value is -1.36. The summed E-state index contributed by atoms with van der Waals surface area (Å²) in [5.41, 5.74) is 0.944. The van der Waals surface area contributed by atoms with Crippen molar-refractivity contribution < 1.29 is 9.15 Å². The lowest BCUT2D eigenvalue weighted by molar-refractivity contribution is -0.0424. The van der Waals surface area contributed by atoms with E-state index in [4.69, 9.17) is 9.15 Å². The van der Waals surface area contributed by atoms with E-state index in [1.807, 2.05) is 18.2 Å². The van der Waals surface area contributed by atoms with Crippen molar-refractivity contribution in [2.45, 2.75) is 25.5 Å². The molecule has 2 heterocycles. The Morgan fingerprint density at radius 1 is 1.38 bits per heavy atom. The zero-order valence-electron chi connectivity index (χ0n) is 12.8. The molecule has 21 heavy (non-hydrogen) atoms. The van der Waals surface area contributed by atoms with Gasteiger partial charge in [-0.3, -0.25) is 0 Å². The summed E-state index contributed by atoms with van der Waals surface area (Å²) in [5, 5.41) is 4.74. The number of rotatable bonds is 5. The summed E-state index contributed by atoms with van der Waals surface area (Å²) in [6.07, 6.45) is 1.23. The molecule has 1 fully saturated rings. The summed E-state index contributed by atoms with van der Waals surface area (Å²) < 4.78 is 12.0. The molecule has 0 saturated carbocycles. The largest absolute Gasteiger partial charge is 0.459 e. The minimum Gasteiger partial charge on any atom is -0.459 e. The van der Waals surface area contributed by atoms with Crippen LogP contribution in [-0.4, -0.2) is 44.3 Å². The topological polar surface area (TPSA) is 37.6 Å². The number of morpholine rings is 1. The van der Waals surface area contributed by atoms with Gasteiger partial charge in [-0.1, -0.05) is 25.1 Å². The minimum absolute atomic E-state index is 0.111. The average Bonchev–Trinajstić information content (AvgIpc) is 2.91. The normalized spacial score (nSPS) is 21.7. The maximum Gasteiger partial charge on any atom is 0.134 e. The van der Waals surface area contributed by atoms with Crippen LogP contribution in [0.3, 0.4) is 0 Å². The van der Waals surface area contributed by atoms with E-state index >= 15 is 0 Å². The van der Waals surface area contributed by atoms with Gasteiger partial charge in [0, 0.05) is 18.5 Å². The van der Waals surface area contributed by atoms with E-state index in [2.05, 4.69) is 36.3 Å². The number of furan rings is 1. The molecule has 0 radical (unpaired) electrons. The lowest BCUT2D eigenvalue weighted by Crippen LogP contribution is -2.46. The molecule has 0 spiro atoms. The fraction of sp³-hybridized carbons (Fsp3) is 0.529. The third kappa shape index (κ3) is 3.28. The molecule has 2 atom stereocenters. The lowest BCUT2D eigenvalue weighted by Gasteiger charge is -2.34. The van der Waals surface area contributed by atoms with Crippen LogP contribution in [0.1, 0.15) is 25.1 Å². The van der Waals surface area contributed by atoms with Gasteiger partial charge in [-0.15, -0.1) is 0 Å². The van der Waals surface area contributed by atoms with Crippen molar-refractivity contribution in [2.75, 3.05) is 33.3 Å². The van der Waals surface area contributed by atoms with E-state index < -0.39 is 0 Å². The van der Waals surface area contributed by atoms with E-state index in [0.717, 1.165) is 49.4 Å². The summed E-state index contributed by atoms with van der Waals surface area (Å²) in [4.78, 5) is 2.32. The molecule has 1 N–H and O–H groups in total. The Kier molecular flexibility index (Phi) is 4.58. The van der Waals surface area contributed by atoms with Gasteiger partial charge >= 0.3 is 0 Å². The van der Waals surface area contributed by atoms with E-state index in [0.29, 0.717) is 0 Å². The van der Waals surface area contributed by atoms with Crippen LogP contribution in [0.4, 0.5) is 0 Å². The number of fused-ring (bicyclic) bond motifs is 1. The van der Waals surface area contributed by atoms with Crippen LogP contribution < -0.4 is 5.32 Å². The van der Waals surface area contributed by atoms with Crippen molar-refractivity contribution in [1.29, 1.82) is 0 Å². The molecule has 0 bridgehead atoms. The monoisotopic (exact) mass is 288 g/mol. The van der Waals surface area contributed by atoms with Crippen LogP contribution in [0.25, 0.3) is 11.0 Å². The van der Waals surface area contributed by atoms with Crippen molar-refractivity contribution in [2.24, 2.45) is 0 Å². The molecule has 4 nitrogen and oxygen atoms in total. The maximum atomic E-state index is 6.05. The first-order valence-electron chi connectivity index (χ1n) is 7.80. The van der Waals surface area contributed by atoms with Crippen molar-refractivity contribution in [3.05, 3.63) is 36.1 Å². The first-order chi connectivity index (χ1) is 10.3. The quantitative estimate of drug-likeness (QED) is 0.918. The molecule has 2 aromatic rings. The van der Waals surface area contributed by atoms with Gasteiger partial charge in [-0.25, -0.2) is 0 Å². The first-order valence-corrected chi connectivity index (χ1v) is 7.80. The molecule has 4 heteroatoms. The van der Waals surface area contributed by atoms with Crippen molar-refractivity contribution in [1.82, 2.24) is 10.2 Å². The summed E-state index contributed by atoms with van der Waals surface area (Å²) >= 11 is 0. The number of benzene rings is 1. The van der Waals surface area contributed by atoms with Crippen molar-refractivity contribution >= 4 is 11.0 Å². The van der Waals surface area contributed by atoms with Crippen LogP contribution in [0, 0.1) is 0 Å². The molecule has 0 amide bonds. The molecule has 114 valence electrons. The number of hydrogen-bond donors (Lipinski definition) is 1. The highest BCUT2D eigenvalue weighted by atomic mass is 16.5. The molecular formula is C17H24N2O2. The van der Waals surface area contributed by atoms with Crippen LogP contribution in [0.15, 0.2) is 34.7 Å². The number of para-hydroxylation sites is 1. The van der Waals surface area contributed by atoms with E-state index in [1.54, 1.807) is 0 Å². The summed E-state index contributed by atoms with van der Waals surface area (Å²) in [7, 11) is 2.14. The summed E-state index contributed by atoms with van der Waals surface area (Å²) in [6.45, 7) is 5.85. The Morgan fingerprint density at radius 3 is 3.00 bits per heavy atom. The highest BCUT2D eigenvalue weighted by Gasteiger charge is 2.30. The van der Waals surface area contributed by atoms with Gasteiger partial charge in [0.05, 0.1) is 18.8 Å². The summed E-state index contributed by atoms with van der Waals surface area (Å²) in [6, 6.07) is 10.4. The van der Waals surface area contributed by atoms with Gasteiger partial charge in [0.15, 0.2) is 0 Å². The molecule has 3 rings (SSSR count). The maximum absolute atomic E-state index is 6.05. The first kappa shape index (κ1) is 14.6. The van der Waals surface area contributed by atoms with Crippen LogP contribution in [-0.2, 0) is 4.74 Å². The second-order valence-corrected chi connectivity index (χ2v) is 5.79. The Labute approximate surface area is 126 Å². The standard InChI is InChI=1S/C17H24N2O2/c1-3-8-18-17(16-12-19(2)9-10-20-16)15-11-13-6-4-5-7-14(13)21-15/h4-7,11,16-18H,3,8-10,12H2,1-2H3. The average molecular weight is 288 g/mol. The fourth-order valence-electron chi connectivity index (χ4n) is 2.88. The van der Waals surface area contributed by atoms with Gasteiger partial charge in [-0.2, -0.15) is 0 Å². The van der Waals surface area contributed by atoms with Crippen molar-refractivity contribution in [3.8, 4) is 0 Å². The second-order valence-electron chi connectivity index (χ2n) is 5.79. The molecule has 1 aromatic carbocycles. The summed E-state index contributed by atoms with van der Waals surface area (Å²) in [5.74, 6) is 0.977. The SMILES string of the molecule is CCCNC(c1cc2ccccc2o1)C1CN(C)CCO1. The smallest absolute Gasteiger partial charge is 0.134 e. The molecule has 1 aliphatic rings. The van der Waals surface area contributed by atoms with E-state index in [1.165, 1.54) is 0 Å². The molecule has 1 aromatic heterocycles. The molecule has 1 saturated heterocycles. The number of likely N-dealkylation sites (N-methyl/N-ethyl adjacent to an activating group) is 1. The second kappa shape index (κ2) is 6.60. The molecular weight excluding hydrogens is 264 g/mol. The molecule has 1 aliphatic heterocycles. The Balaban J connectivity index is 1.86. The zero-order chi connectivity index (χ0) is 14.7. The number of nitrogens with zero attached hydrogens (tertiary/aromatic N) is 1. The van der Waals surface area contributed by atoms with Gasteiger partial charge in [0.2, 0.25) is 0 Å². The van der Waals surface area contributed by atoms with Gasteiger partial charge < -0.3 is 19.4 Å². The number of ether oxygens (including phenoxy) is 1. The van der Waals surface area contributed by atoms with E-state index in [9.17, 15) is 0 Å². The zero-order valence-corrected chi connectivity index (χ0v) is 12.8. The lowest BCUT2D eigenvalue weighted by atomic mass is 10.1. The third-order valence-corrected chi connectivity index (χ3v) is 4.03. The van der Waals surface area contributed by atoms with Gasteiger partial charge in [0.25, 0.3) is 0 Å². The van der Waals surface area contributed by atoms with Gasteiger partial charge in [0.1, 0.15) is 11.3 Å². The molecule has 2 unspecified atom stereocenters.